The maximum atomic E-state index is 11.0. The number of hydrogen-bond donors (Lipinski definition) is 0. The van der Waals surface area contributed by atoms with Crippen molar-refractivity contribution in [2.45, 2.75) is 33.1 Å². The number of benzene rings is 1. The van der Waals surface area contributed by atoms with Crippen molar-refractivity contribution in [3.63, 3.8) is 0 Å². The van der Waals surface area contributed by atoms with Crippen LogP contribution in [0.3, 0.4) is 0 Å². The third kappa shape index (κ3) is 2.68. The van der Waals surface area contributed by atoms with Crippen LogP contribution in [0.5, 0.6) is 0 Å². The number of halogens is 1. The molecule has 0 bridgehead atoms. The molecule has 0 aliphatic rings. The first-order chi connectivity index (χ1) is 9.19. The summed E-state index contributed by atoms with van der Waals surface area (Å²) in [5, 5.41) is 8.71. The molecule has 0 aliphatic heterocycles. The minimum absolute atomic E-state index is 0.410. The maximum Gasteiger partial charge on any atom is 0.172 e. The van der Waals surface area contributed by atoms with Gasteiger partial charge in [0, 0.05) is 5.02 Å². The summed E-state index contributed by atoms with van der Waals surface area (Å²) in [6, 6.07) is 5.64. The second-order valence-corrected chi connectivity index (χ2v) is 4.85. The third-order valence-electron chi connectivity index (χ3n) is 3.14. The van der Waals surface area contributed by atoms with Gasteiger partial charge < -0.3 is 0 Å². The number of aromatic nitrogens is 3. The van der Waals surface area contributed by atoms with E-state index in [9.17, 15) is 4.79 Å². The number of unbranched alkanes of at least 4 members (excludes halogenated alkanes) is 1. The molecule has 0 amide bonds. The topological polar surface area (TPSA) is 47.8 Å². The Morgan fingerprint density at radius 1 is 1.42 bits per heavy atom. The van der Waals surface area contributed by atoms with Crippen molar-refractivity contribution in [2.75, 3.05) is 0 Å². The smallest absolute Gasteiger partial charge is 0.172 e. The Hall–Kier alpha value is -1.68. The van der Waals surface area contributed by atoms with Crippen LogP contribution in [-0.4, -0.2) is 21.3 Å². The van der Waals surface area contributed by atoms with Gasteiger partial charge in [-0.3, -0.25) is 4.79 Å². The van der Waals surface area contributed by atoms with Crippen molar-refractivity contribution in [2.24, 2.45) is 0 Å². The second kappa shape index (κ2) is 5.97. The predicted octanol–water partition coefficient (Wildman–Crippen LogP) is 3.38. The van der Waals surface area contributed by atoms with Gasteiger partial charge in [-0.25, -0.2) is 4.68 Å². The van der Waals surface area contributed by atoms with Crippen LogP contribution in [-0.2, 0) is 6.42 Å². The summed E-state index contributed by atoms with van der Waals surface area (Å²) in [6.07, 6.45) is 3.59. The fraction of sp³-hybridized carbons (Fsp3) is 0.357. The van der Waals surface area contributed by atoms with Gasteiger partial charge in [-0.2, -0.15) is 0 Å². The van der Waals surface area contributed by atoms with Gasteiger partial charge in [-0.05, 0) is 37.5 Å². The maximum absolute atomic E-state index is 11.0. The van der Waals surface area contributed by atoms with E-state index in [2.05, 4.69) is 17.2 Å². The van der Waals surface area contributed by atoms with E-state index in [0.29, 0.717) is 10.7 Å². The molecule has 0 radical (unpaired) electrons. The monoisotopic (exact) mass is 277 g/mol. The van der Waals surface area contributed by atoms with Crippen LogP contribution in [0.4, 0.5) is 0 Å². The van der Waals surface area contributed by atoms with Gasteiger partial charge in [0.05, 0.1) is 11.4 Å². The van der Waals surface area contributed by atoms with E-state index in [4.69, 9.17) is 11.6 Å². The molecule has 2 rings (SSSR count). The number of carbonyl (C=O) groups excluding carboxylic acids is 1. The first kappa shape index (κ1) is 13.7. The zero-order valence-corrected chi connectivity index (χ0v) is 11.8. The molecule has 0 saturated carbocycles. The Labute approximate surface area is 117 Å². The predicted molar refractivity (Wildman–Crippen MR) is 75.1 cm³/mol. The molecule has 4 nitrogen and oxygen atoms in total. The lowest BCUT2D eigenvalue weighted by Gasteiger charge is -2.10. The standard InChI is InChI=1S/C14H16ClN3O/c1-3-4-7-14-12(9-19)16-17-18(14)13-8-5-6-11(15)10(13)2/h5-6,8-9H,3-4,7H2,1-2H3. The highest BCUT2D eigenvalue weighted by atomic mass is 35.5. The number of carbonyl (C=O) groups is 1. The van der Waals surface area contributed by atoms with Gasteiger partial charge >= 0.3 is 0 Å². The normalized spacial score (nSPS) is 10.7. The lowest BCUT2D eigenvalue weighted by Crippen LogP contribution is -2.05. The van der Waals surface area contributed by atoms with Crippen molar-refractivity contribution in [3.05, 3.63) is 40.2 Å². The minimum atomic E-state index is 0.410. The van der Waals surface area contributed by atoms with Crippen molar-refractivity contribution >= 4 is 17.9 Å². The molecule has 2 aromatic rings. The van der Waals surface area contributed by atoms with E-state index < -0.39 is 0 Å². The summed E-state index contributed by atoms with van der Waals surface area (Å²) in [5.74, 6) is 0. The molecule has 1 aromatic carbocycles. The van der Waals surface area contributed by atoms with E-state index in [1.165, 1.54) is 0 Å². The van der Waals surface area contributed by atoms with Crippen molar-refractivity contribution in [3.8, 4) is 5.69 Å². The van der Waals surface area contributed by atoms with Gasteiger partial charge in [-0.15, -0.1) is 5.10 Å². The average molecular weight is 278 g/mol. The highest BCUT2D eigenvalue weighted by molar-refractivity contribution is 6.31. The molecule has 0 spiro atoms. The van der Waals surface area contributed by atoms with Crippen LogP contribution in [0.1, 0.15) is 41.5 Å². The Morgan fingerprint density at radius 2 is 2.21 bits per heavy atom. The number of rotatable bonds is 5. The molecule has 0 fully saturated rings. The Balaban J connectivity index is 2.52. The first-order valence-corrected chi connectivity index (χ1v) is 6.72. The number of aldehydes is 1. The fourth-order valence-electron chi connectivity index (χ4n) is 2.00. The quantitative estimate of drug-likeness (QED) is 0.787. The lowest BCUT2D eigenvalue weighted by molar-refractivity contribution is 0.111. The van der Waals surface area contributed by atoms with E-state index in [1.54, 1.807) is 4.68 Å². The van der Waals surface area contributed by atoms with Crippen LogP contribution < -0.4 is 0 Å². The lowest BCUT2D eigenvalue weighted by atomic mass is 10.1. The van der Waals surface area contributed by atoms with Crippen LogP contribution in [0.2, 0.25) is 5.02 Å². The van der Waals surface area contributed by atoms with Gasteiger partial charge in [0.15, 0.2) is 6.29 Å². The van der Waals surface area contributed by atoms with Crippen LogP contribution in [0, 0.1) is 6.92 Å². The van der Waals surface area contributed by atoms with Gasteiger partial charge in [0.1, 0.15) is 5.69 Å². The molecule has 19 heavy (non-hydrogen) atoms. The summed E-state index contributed by atoms with van der Waals surface area (Å²) < 4.78 is 1.72. The Morgan fingerprint density at radius 3 is 2.89 bits per heavy atom. The van der Waals surface area contributed by atoms with E-state index in [1.807, 2.05) is 25.1 Å². The molecular formula is C14H16ClN3O. The number of hydrogen-bond acceptors (Lipinski definition) is 3. The van der Waals surface area contributed by atoms with Crippen LogP contribution in [0.15, 0.2) is 18.2 Å². The summed E-state index contributed by atoms with van der Waals surface area (Å²) in [6.45, 7) is 4.04. The largest absolute Gasteiger partial charge is 0.296 e. The SMILES string of the molecule is CCCCc1c(C=O)nnn1-c1cccc(Cl)c1C. The van der Waals surface area contributed by atoms with E-state index in [0.717, 1.165) is 42.5 Å². The van der Waals surface area contributed by atoms with Crippen LogP contribution >= 0.6 is 11.6 Å². The van der Waals surface area contributed by atoms with Gasteiger partial charge in [0.25, 0.3) is 0 Å². The zero-order valence-electron chi connectivity index (χ0n) is 11.1. The minimum Gasteiger partial charge on any atom is -0.296 e. The molecule has 1 aromatic heterocycles. The third-order valence-corrected chi connectivity index (χ3v) is 3.55. The summed E-state index contributed by atoms with van der Waals surface area (Å²) >= 11 is 6.13. The van der Waals surface area contributed by atoms with E-state index >= 15 is 0 Å². The highest BCUT2D eigenvalue weighted by Crippen LogP contribution is 2.23. The molecule has 0 N–H and O–H groups in total. The van der Waals surface area contributed by atoms with Crippen LogP contribution in [0.25, 0.3) is 5.69 Å². The van der Waals surface area contributed by atoms with Crippen molar-refractivity contribution in [1.82, 2.24) is 15.0 Å². The fourth-order valence-corrected chi connectivity index (χ4v) is 2.17. The number of nitrogens with zero attached hydrogens (tertiary/aromatic N) is 3. The second-order valence-electron chi connectivity index (χ2n) is 4.44. The summed E-state index contributed by atoms with van der Waals surface area (Å²) in [7, 11) is 0. The molecule has 0 aliphatic carbocycles. The highest BCUT2D eigenvalue weighted by Gasteiger charge is 2.15. The molecule has 100 valence electrons. The molecule has 0 unspecified atom stereocenters. The van der Waals surface area contributed by atoms with Crippen molar-refractivity contribution in [1.29, 1.82) is 0 Å². The average Bonchev–Trinajstić information content (AvgIpc) is 2.82. The molecule has 1 heterocycles. The molecule has 0 saturated heterocycles. The molecular weight excluding hydrogens is 262 g/mol. The molecule has 5 heteroatoms. The Bertz CT molecular complexity index is 592. The van der Waals surface area contributed by atoms with Gasteiger partial charge in [0.2, 0.25) is 0 Å². The first-order valence-electron chi connectivity index (χ1n) is 6.34. The Kier molecular flexibility index (Phi) is 4.32. The summed E-state index contributed by atoms with van der Waals surface area (Å²) in [4.78, 5) is 11.0. The zero-order chi connectivity index (χ0) is 13.8. The van der Waals surface area contributed by atoms with Crippen molar-refractivity contribution < 1.29 is 4.79 Å². The molecule has 0 atom stereocenters. The van der Waals surface area contributed by atoms with E-state index in [-0.39, 0.29) is 0 Å². The summed E-state index contributed by atoms with van der Waals surface area (Å²) in [5.41, 5.74) is 3.07. The van der Waals surface area contributed by atoms with Gasteiger partial charge in [-0.1, -0.05) is 36.2 Å².